The molecule has 0 radical (unpaired) electrons. The molecule has 3 rings (SSSR count). The summed E-state index contributed by atoms with van der Waals surface area (Å²) >= 11 is 13.8. The standard InChI is InChI=1S/C16H21Cl2NO4S/c1-15(2,3)23-14(21)19-6-4-16(5-7-19)12-10(9(20)8-22-16)11(17)13(18)24-12/h9,20H,4-8H2,1-3H3. The van der Waals surface area contributed by atoms with Crippen LogP contribution in [-0.4, -0.2) is 41.4 Å². The van der Waals surface area contributed by atoms with Crippen LogP contribution < -0.4 is 0 Å². The molecule has 1 spiro atoms. The van der Waals surface area contributed by atoms with E-state index in [9.17, 15) is 9.90 Å². The van der Waals surface area contributed by atoms with Crippen LogP contribution in [0.15, 0.2) is 0 Å². The monoisotopic (exact) mass is 393 g/mol. The fourth-order valence-electron chi connectivity index (χ4n) is 3.17. The van der Waals surface area contributed by atoms with Crippen molar-refractivity contribution in [1.29, 1.82) is 0 Å². The Hall–Kier alpha value is -0.530. The van der Waals surface area contributed by atoms with Gasteiger partial charge in [0.1, 0.15) is 21.6 Å². The molecule has 3 heterocycles. The van der Waals surface area contributed by atoms with Gasteiger partial charge in [-0.05, 0) is 33.6 Å². The molecule has 1 amide bonds. The molecule has 1 atom stereocenters. The van der Waals surface area contributed by atoms with Gasteiger partial charge in [-0.15, -0.1) is 11.3 Å². The molecule has 1 unspecified atom stereocenters. The molecule has 8 heteroatoms. The number of ether oxygens (including phenoxy) is 2. The zero-order valence-electron chi connectivity index (χ0n) is 13.9. The first kappa shape index (κ1) is 18.3. The van der Waals surface area contributed by atoms with Gasteiger partial charge in [0.25, 0.3) is 0 Å². The van der Waals surface area contributed by atoms with E-state index in [0.29, 0.717) is 40.9 Å². The number of aliphatic hydroxyl groups excluding tert-OH is 1. The summed E-state index contributed by atoms with van der Waals surface area (Å²) < 4.78 is 11.9. The van der Waals surface area contributed by atoms with Gasteiger partial charge in [0.15, 0.2) is 0 Å². The van der Waals surface area contributed by atoms with Gasteiger partial charge in [-0.25, -0.2) is 4.79 Å². The number of rotatable bonds is 0. The molecule has 0 saturated carbocycles. The van der Waals surface area contributed by atoms with Gasteiger partial charge in [0.2, 0.25) is 0 Å². The average molecular weight is 394 g/mol. The van der Waals surface area contributed by atoms with Crippen molar-refractivity contribution in [2.75, 3.05) is 19.7 Å². The molecule has 1 aromatic heterocycles. The Morgan fingerprint density at radius 3 is 2.58 bits per heavy atom. The third-order valence-corrected chi connectivity index (χ3v) is 6.53. The summed E-state index contributed by atoms with van der Waals surface area (Å²) in [7, 11) is 0. The minimum absolute atomic E-state index is 0.187. The fourth-order valence-corrected chi connectivity index (χ4v) is 5.07. The predicted molar refractivity (Wildman–Crippen MR) is 94.0 cm³/mol. The Balaban J connectivity index is 1.78. The van der Waals surface area contributed by atoms with Crippen LogP contribution in [0.25, 0.3) is 0 Å². The molecule has 2 aliphatic heterocycles. The van der Waals surface area contributed by atoms with Crippen LogP contribution in [0.2, 0.25) is 9.36 Å². The van der Waals surface area contributed by atoms with Crippen molar-refractivity contribution in [3.8, 4) is 0 Å². The lowest BCUT2D eigenvalue weighted by Gasteiger charge is -2.44. The van der Waals surface area contributed by atoms with Crippen LogP contribution in [0.5, 0.6) is 0 Å². The van der Waals surface area contributed by atoms with Gasteiger partial charge in [-0.3, -0.25) is 0 Å². The SMILES string of the molecule is CC(C)(C)OC(=O)N1CCC2(CC1)OCC(O)c1c2sc(Cl)c1Cl. The van der Waals surface area contributed by atoms with Gasteiger partial charge in [0.05, 0.1) is 11.6 Å². The lowest BCUT2D eigenvalue weighted by atomic mass is 9.85. The highest BCUT2D eigenvalue weighted by Gasteiger charge is 2.47. The largest absolute Gasteiger partial charge is 0.444 e. The van der Waals surface area contributed by atoms with E-state index in [1.165, 1.54) is 11.3 Å². The predicted octanol–water partition coefficient (Wildman–Crippen LogP) is 4.34. The molecule has 0 aliphatic carbocycles. The molecule has 1 fully saturated rings. The van der Waals surface area contributed by atoms with Crippen LogP contribution in [0.4, 0.5) is 4.79 Å². The van der Waals surface area contributed by atoms with Crippen molar-refractivity contribution in [1.82, 2.24) is 4.90 Å². The first-order valence-electron chi connectivity index (χ1n) is 7.91. The van der Waals surface area contributed by atoms with Crippen LogP contribution in [0.3, 0.4) is 0 Å². The van der Waals surface area contributed by atoms with Crippen LogP contribution in [-0.2, 0) is 15.1 Å². The van der Waals surface area contributed by atoms with E-state index in [2.05, 4.69) is 0 Å². The summed E-state index contributed by atoms with van der Waals surface area (Å²) in [4.78, 5) is 14.8. The summed E-state index contributed by atoms with van der Waals surface area (Å²) in [5.74, 6) is 0. The molecule has 5 nitrogen and oxygen atoms in total. The maximum absolute atomic E-state index is 12.2. The van der Waals surface area contributed by atoms with Gasteiger partial charge in [-0.1, -0.05) is 23.2 Å². The minimum atomic E-state index is -0.759. The Labute approximate surface area is 155 Å². The summed E-state index contributed by atoms with van der Waals surface area (Å²) in [6, 6.07) is 0. The number of hydrogen-bond acceptors (Lipinski definition) is 5. The van der Waals surface area contributed by atoms with Crippen molar-refractivity contribution in [2.24, 2.45) is 0 Å². The molecule has 1 N–H and O–H groups in total. The second kappa shape index (κ2) is 6.32. The average Bonchev–Trinajstić information content (AvgIpc) is 2.80. The number of nitrogens with zero attached hydrogens (tertiary/aromatic N) is 1. The maximum atomic E-state index is 12.2. The Morgan fingerprint density at radius 1 is 1.38 bits per heavy atom. The number of amides is 1. The minimum Gasteiger partial charge on any atom is -0.444 e. The van der Waals surface area contributed by atoms with E-state index in [0.717, 1.165) is 4.88 Å². The Morgan fingerprint density at radius 2 is 2.00 bits per heavy atom. The molecule has 134 valence electrons. The second-order valence-corrected chi connectivity index (χ2v) is 9.22. The molecule has 24 heavy (non-hydrogen) atoms. The highest BCUT2D eigenvalue weighted by molar-refractivity contribution is 7.17. The van der Waals surface area contributed by atoms with Crippen LogP contribution >= 0.6 is 34.5 Å². The highest BCUT2D eigenvalue weighted by atomic mass is 35.5. The van der Waals surface area contributed by atoms with E-state index < -0.39 is 17.3 Å². The quantitative estimate of drug-likeness (QED) is 0.711. The number of hydrogen-bond donors (Lipinski definition) is 1. The van der Waals surface area contributed by atoms with E-state index in [4.69, 9.17) is 32.7 Å². The van der Waals surface area contributed by atoms with Crippen molar-refractivity contribution >= 4 is 40.6 Å². The maximum Gasteiger partial charge on any atom is 0.410 e. The first-order chi connectivity index (χ1) is 11.1. The number of likely N-dealkylation sites (tertiary alicyclic amines) is 1. The van der Waals surface area contributed by atoms with Crippen molar-refractivity contribution in [3.05, 3.63) is 19.8 Å². The fraction of sp³-hybridized carbons (Fsp3) is 0.688. The van der Waals surface area contributed by atoms with Gasteiger partial charge in [-0.2, -0.15) is 0 Å². The third-order valence-electron chi connectivity index (χ3n) is 4.33. The summed E-state index contributed by atoms with van der Waals surface area (Å²) in [6.07, 6.45) is 0.180. The van der Waals surface area contributed by atoms with Gasteiger partial charge in [0, 0.05) is 23.5 Å². The number of carbonyl (C=O) groups is 1. The molecule has 0 aromatic carbocycles. The molecule has 1 aromatic rings. The molecular formula is C16H21Cl2NO4S. The van der Waals surface area contributed by atoms with Crippen LogP contribution in [0, 0.1) is 0 Å². The van der Waals surface area contributed by atoms with E-state index in [-0.39, 0.29) is 12.7 Å². The number of fused-ring (bicyclic) bond motifs is 2. The van der Waals surface area contributed by atoms with E-state index >= 15 is 0 Å². The smallest absolute Gasteiger partial charge is 0.410 e. The van der Waals surface area contributed by atoms with E-state index in [1.807, 2.05) is 20.8 Å². The number of aliphatic hydroxyl groups is 1. The molecular weight excluding hydrogens is 373 g/mol. The highest BCUT2D eigenvalue weighted by Crippen LogP contribution is 2.52. The third kappa shape index (κ3) is 3.27. The molecule has 2 aliphatic rings. The van der Waals surface area contributed by atoms with Gasteiger partial charge >= 0.3 is 6.09 Å². The topological polar surface area (TPSA) is 59.0 Å². The van der Waals surface area contributed by atoms with Crippen molar-refractivity contribution in [3.63, 3.8) is 0 Å². The van der Waals surface area contributed by atoms with E-state index in [1.54, 1.807) is 4.90 Å². The first-order valence-corrected chi connectivity index (χ1v) is 9.48. The zero-order valence-corrected chi connectivity index (χ0v) is 16.2. The molecule has 0 bridgehead atoms. The number of thiophene rings is 1. The summed E-state index contributed by atoms with van der Waals surface area (Å²) in [6.45, 7) is 6.79. The van der Waals surface area contributed by atoms with Crippen molar-refractivity contribution < 1.29 is 19.4 Å². The summed E-state index contributed by atoms with van der Waals surface area (Å²) in [5, 5.41) is 10.6. The van der Waals surface area contributed by atoms with Gasteiger partial charge < -0.3 is 19.5 Å². The summed E-state index contributed by atoms with van der Waals surface area (Å²) in [5.41, 5.74) is -0.364. The van der Waals surface area contributed by atoms with Crippen molar-refractivity contribution in [2.45, 2.75) is 50.9 Å². The number of carbonyl (C=O) groups excluding carboxylic acids is 1. The van der Waals surface area contributed by atoms with Crippen LogP contribution in [0.1, 0.15) is 50.2 Å². The second-order valence-electron chi connectivity index (χ2n) is 7.22. The zero-order chi connectivity index (χ0) is 17.7. The number of halogens is 2. The molecule has 1 saturated heterocycles. The normalized spacial score (nSPS) is 23.2. The lowest BCUT2D eigenvalue weighted by molar-refractivity contribution is -0.127. The number of piperidine rings is 1. The Bertz CT molecular complexity index is 647. The Kier molecular flexibility index (Phi) is 4.81. The lowest BCUT2D eigenvalue weighted by Crippen LogP contribution is -2.49.